The fraction of sp³-hybridized carbons (Fsp3) is 0.500. The van der Waals surface area contributed by atoms with E-state index in [1.807, 2.05) is 4.90 Å². The van der Waals surface area contributed by atoms with Crippen LogP contribution in [-0.4, -0.2) is 43.4 Å². The Morgan fingerprint density at radius 3 is 2.40 bits per heavy atom. The van der Waals surface area contributed by atoms with Crippen molar-refractivity contribution in [3.05, 3.63) is 29.8 Å². The molecule has 1 aromatic rings. The smallest absolute Gasteiger partial charge is 0.253 e. The van der Waals surface area contributed by atoms with E-state index in [9.17, 15) is 13.2 Å². The lowest BCUT2D eigenvalue weighted by molar-refractivity contribution is 0.0690. The van der Waals surface area contributed by atoms with Gasteiger partial charge in [-0.25, -0.2) is 8.42 Å². The maximum atomic E-state index is 12.4. The SMILES string of the molecule is CC1CN(C(=O)c2ccc(S(C)(=O)=O)cc2)CCC1Br. The molecule has 0 spiro atoms. The average Bonchev–Trinajstić information content (AvgIpc) is 2.40. The van der Waals surface area contributed by atoms with E-state index in [0.29, 0.717) is 16.3 Å². The summed E-state index contributed by atoms with van der Waals surface area (Å²) in [4.78, 5) is 14.9. The van der Waals surface area contributed by atoms with E-state index in [0.717, 1.165) is 25.8 Å². The minimum absolute atomic E-state index is 0.0312. The van der Waals surface area contributed by atoms with Crippen LogP contribution in [0, 0.1) is 5.92 Å². The number of nitrogens with zero attached hydrogens (tertiary/aromatic N) is 1. The van der Waals surface area contributed by atoms with Gasteiger partial charge in [0.25, 0.3) is 5.91 Å². The molecular formula is C14H18BrNO3S. The van der Waals surface area contributed by atoms with Crippen LogP contribution in [0.4, 0.5) is 0 Å². The molecule has 1 aliphatic heterocycles. The van der Waals surface area contributed by atoms with Gasteiger partial charge in [0.05, 0.1) is 4.90 Å². The molecule has 0 aromatic heterocycles. The van der Waals surface area contributed by atoms with Gasteiger partial charge in [0.15, 0.2) is 9.84 Å². The second-order valence-corrected chi connectivity index (χ2v) is 8.52. The van der Waals surface area contributed by atoms with Crippen LogP contribution in [0.25, 0.3) is 0 Å². The summed E-state index contributed by atoms with van der Waals surface area (Å²) in [5.41, 5.74) is 0.539. The number of halogens is 1. The molecule has 0 radical (unpaired) electrons. The number of benzene rings is 1. The van der Waals surface area contributed by atoms with E-state index in [-0.39, 0.29) is 10.8 Å². The molecular weight excluding hydrogens is 342 g/mol. The highest BCUT2D eigenvalue weighted by Gasteiger charge is 2.27. The highest BCUT2D eigenvalue weighted by molar-refractivity contribution is 9.09. The first kappa shape index (κ1) is 15.5. The van der Waals surface area contributed by atoms with Gasteiger partial charge < -0.3 is 4.90 Å². The lowest BCUT2D eigenvalue weighted by atomic mass is 9.99. The molecule has 1 saturated heterocycles. The maximum Gasteiger partial charge on any atom is 0.253 e. The third-order valence-electron chi connectivity index (χ3n) is 3.62. The molecule has 2 atom stereocenters. The molecule has 6 heteroatoms. The van der Waals surface area contributed by atoms with Crippen LogP contribution in [0.5, 0.6) is 0 Å². The highest BCUT2D eigenvalue weighted by Crippen LogP contribution is 2.24. The van der Waals surface area contributed by atoms with Gasteiger partial charge in [-0.1, -0.05) is 22.9 Å². The summed E-state index contributed by atoms with van der Waals surface area (Å²) < 4.78 is 22.8. The number of hydrogen-bond donors (Lipinski definition) is 0. The number of hydrogen-bond acceptors (Lipinski definition) is 3. The van der Waals surface area contributed by atoms with Gasteiger partial charge in [0.2, 0.25) is 0 Å². The van der Waals surface area contributed by atoms with Crippen molar-refractivity contribution in [3.63, 3.8) is 0 Å². The molecule has 20 heavy (non-hydrogen) atoms. The number of rotatable bonds is 2. The van der Waals surface area contributed by atoms with E-state index in [1.54, 1.807) is 12.1 Å². The topological polar surface area (TPSA) is 54.5 Å². The molecule has 0 aliphatic carbocycles. The maximum absolute atomic E-state index is 12.4. The predicted molar refractivity (Wildman–Crippen MR) is 82.0 cm³/mol. The first-order valence-electron chi connectivity index (χ1n) is 6.52. The molecule has 1 amide bonds. The number of likely N-dealkylation sites (tertiary alicyclic amines) is 1. The molecule has 1 aromatic carbocycles. The van der Waals surface area contributed by atoms with E-state index >= 15 is 0 Å². The van der Waals surface area contributed by atoms with E-state index in [4.69, 9.17) is 0 Å². The summed E-state index contributed by atoms with van der Waals surface area (Å²) in [7, 11) is -3.22. The molecule has 0 saturated carbocycles. The van der Waals surface area contributed by atoms with Gasteiger partial charge in [0.1, 0.15) is 0 Å². The Bertz CT molecular complexity index is 597. The summed E-state index contributed by atoms with van der Waals surface area (Å²) in [5, 5.41) is 0. The van der Waals surface area contributed by atoms with E-state index < -0.39 is 9.84 Å². The van der Waals surface area contributed by atoms with Gasteiger partial charge in [-0.15, -0.1) is 0 Å². The summed E-state index contributed by atoms with van der Waals surface area (Å²) in [5.74, 6) is 0.388. The van der Waals surface area contributed by atoms with Gasteiger partial charge in [-0.05, 0) is 36.6 Å². The van der Waals surface area contributed by atoms with Crippen molar-refractivity contribution < 1.29 is 13.2 Å². The number of carbonyl (C=O) groups is 1. The molecule has 0 bridgehead atoms. The van der Waals surface area contributed by atoms with Crippen LogP contribution in [0.1, 0.15) is 23.7 Å². The van der Waals surface area contributed by atoms with Gasteiger partial charge in [-0.2, -0.15) is 0 Å². The average molecular weight is 360 g/mol. The van der Waals surface area contributed by atoms with Crippen molar-refractivity contribution in [2.75, 3.05) is 19.3 Å². The number of sulfone groups is 1. The molecule has 2 rings (SSSR count). The zero-order valence-electron chi connectivity index (χ0n) is 11.5. The van der Waals surface area contributed by atoms with Crippen molar-refractivity contribution in [2.45, 2.75) is 23.1 Å². The third kappa shape index (κ3) is 3.41. The zero-order valence-corrected chi connectivity index (χ0v) is 13.9. The third-order valence-corrected chi connectivity index (χ3v) is 6.11. The van der Waals surface area contributed by atoms with Crippen LogP contribution in [0.15, 0.2) is 29.2 Å². The molecule has 1 aliphatic rings. The van der Waals surface area contributed by atoms with Crippen molar-refractivity contribution >= 4 is 31.7 Å². The number of alkyl halides is 1. The summed E-state index contributed by atoms with van der Waals surface area (Å²) in [6, 6.07) is 6.15. The second-order valence-electron chi connectivity index (χ2n) is 5.33. The lowest BCUT2D eigenvalue weighted by Crippen LogP contribution is -2.43. The Morgan fingerprint density at radius 1 is 1.30 bits per heavy atom. The minimum atomic E-state index is -3.22. The molecule has 1 heterocycles. The Kier molecular flexibility index (Phi) is 4.54. The predicted octanol–water partition coefficient (Wildman–Crippen LogP) is 2.34. The Morgan fingerprint density at radius 2 is 1.90 bits per heavy atom. The molecule has 4 nitrogen and oxygen atoms in total. The first-order valence-corrected chi connectivity index (χ1v) is 9.33. The van der Waals surface area contributed by atoms with Crippen LogP contribution in [-0.2, 0) is 9.84 Å². The van der Waals surface area contributed by atoms with E-state index in [2.05, 4.69) is 22.9 Å². The van der Waals surface area contributed by atoms with Crippen LogP contribution < -0.4 is 0 Å². The highest BCUT2D eigenvalue weighted by atomic mass is 79.9. The van der Waals surface area contributed by atoms with Gasteiger partial charge in [-0.3, -0.25) is 4.79 Å². The summed E-state index contributed by atoms with van der Waals surface area (Å²) >= 11 is 3.61. The van der Waals surface area contributed by atoms with E-state index in [1.165, 1.54) is 12.1 Å². The molecule has 110 valence electrons. The van der Waals surface area contributed by atoms with Crippen molar-refractivity contribution in [1.29, 1.82) is 0 Å². The second kappa shape index (κ2) is 5.85. The van der Waals surface area contributed by atoms with Crippen molar-refractivity contribution in [1.82, 2.24) is 4.90 Å². The van der Waals surface area contributed by atoms with Crippen molar-refractivity contribution in [3.8, 4) is 0 Å². The standard InChI is InChI=1S/C14H18BrNO3S/c1-10-9-16(8-7-13(10)15)14(17)11-3-5-12(6-4-11)20(2,18)19/h3-6,10,13H,7-9H2,1-2H3. The zero-order chi connectivity index (χ0) is 14.9. The van der Waals surface area contributed by atoms with Crippen molar-refractivity contribution in [2.24, 2.45) is 5.92 Å². The normalized spacial score (nSPS) is 23.6. The van der Waals surface area contributed by atoms with Gasteiger partial charge in [0, 0.05) is 29.7 Å². The summed E-state index contributed by atoms with van der Waals surface area (Å²) in [6.07, 6.45) is 2.10. The van der Waals surface area contributed by atoms with Crippen LogP contribution in [0.2, 0.25) is 0 Å². The Labute approximate surface area is 128 Å². The van der Waals surface area contributed by atoms with Gasteiger partial charge >= 0.3 is 0 Å². The minimum Gasteiger partial charge on any atom is -0.338 e. The number of piperidine rings is 1. The fourth-order valence-electron chi connectivity index (χ4n) is 2.33. The quantitative estimate of drug-likeness (QED) is 0.761. The van der Waals surface area contributed by atoms with Crippen LogP contribution >= 0.6 is 15.9 Å². The number of carbonyl (C=O) groups excluding carboxylic acids is 1. The van der Waals surface area contributed by atoms with Crippen LogP contribution in [0.3, 0.4) is 0 Å². The Hall–Kier alpha value is -0.880. The number of amides is 1. The molecule has 1 fully saturated rings. The first-order chi connectivity index (χ1) is 9.29. The fourth-order valence-corrected chi connectivity index (χ4v) is 3.33. The largest absolute Gasteiger partial charge is 0.338 e. The summed E-state index contributed by atoms with van der Waals surface area (Å²) in [6.45, 7) is 3.57. The molecule has 0 N–H and O–H groups in total. The molecule has 2 unspecified atom stereocenters. The Balaban J connectivity index is 2.14. The lowest BCUT2D eigenvalue weighted by Gasteiger charge is -2.34. The monoisotopic (exact) mass is 359 g/mol.